The Morgan fingerprint density at radius 3 is 1.92 bits per heavy atom. The summed E-state index contributed by atoms with van der Waals surface area (Å²) >= 11 is 0. The fourth-order valence-electron chi connectivity index (χ4n) is 3.95. The lowest BCUT2D eigenvalue weighted by Crippen LogP contribution is -2.31. The van der Waals surface area contributed by atoms with E-state index in [1.54, 1.807) is 12.1 Å². The molecule has 134 valence electrons. The molecule has 1 atom stereocenters. The lowest BCUT2D eigenvalue weighted by Gasteiger charge is -2.31. The van der Waals surface area contributed by atoms with Crippen molar-refractivity contribution < 1.29 is 8.78 Å². The number of hydrogen-bond acceptors (Lipinski definition) is 1. The van der Waals surface area contributed by atoms with E-state index in [-0.39, 0.29) is 16.9 Å². The number of benzene rings is 2. The van der Waals surface area contributed by atoms with Gasteiger partial charge in [0.15, 0.2) is 0 Å². The Morgan fingerprint density at radius 2 is 1.48 bits per heavy atom. The summed E-state index contributed by atoms with van der Waals surface area (Å²) in [4.78, 5) is 0. The molecule has 0 aliphatic carbocycles. The highest BCUT2D eigenvalue weighted by Gasteiger charge is 2.38. The summed E-state index contributed by atoms with van der Waals surface area (Å²) in [6.07, 6.45) is 0.841. The first-order valence-electron chi connectivity index (χ1n) is 9.15. The zero-order valence-electron chi connectivity index (χ0n) is 15.5. The van der Waals surface area contributed by atoms with Crippen molar-refractivity contribution in [1.29, 1.82) is 0 Å². The molecule has 0 aromatic heterocycles. The average molecular weight is 343 g/mol. The SMILES string of the molecule is CC(C)c1ccc(C2(c3cc(F)c(C(C)C)c(F)c3)CCNC2)cc1. The van der Waals surface area contributed by atoms with Crippen molar-refractivity contribution in [2.75, 3.05) is 13.1 Å². The van der Waals surface area contributed by atoms with Gasteiger partial charge in [-0.2, -0.15) is 0 Å². The van der Waals surface area contributed by atoms with Gasteiger partial charge in [-0.3, -0.25) is 0 Å². The second-order valence-electron chi connectivity index (χ2n) is 7.79. The molecule has 1 heterocycles. The van der Waals surface area contributed by atoms with Gasteiger partial charge in [0.2, 0.25) is 0 Å². The third kappa shape index (κ3) is 3.22. The van der Waals surface area contributed by atoms with Crippen LogP contribution in [0.1, 0.15) is 68.2 Å². The molecule has 0 spiro atoms. The van der Waals surface area contributed by atoms with Gasteiger partial charge in [0, 0.05) is 17.5 Å². The molecule has 2 aromatic carbocycles. The van der Waals surface area contributed by atoms with Gasteiger partial charge >= 0.3 is 0 Å². The monoisotopic (exact) mass is 343 g/mol. The predicted molar refractivity (Wildman–Crippen MR) is 99.2 cm³/mol. The highest BCUT2D eigenvalue weighted by Crippen LogP contribution is 2.40. The van der Waals surface area contributed by atoms with Crippen molar-refractivity contribution in [3.8, 4) is 0 Å². The Labute approximate surface area is 149 Å². The van der Waals surface area contributed by atoms with Gasteiger partial charge in [0.05, 0.1) is 0 Å². The third-order valence-electron chi connectivity index (χ3n) is 5.49. The van der Waals surface area contributed by atoms with Crippen molar-refractivity contribution in [2.24, 2.45) is 0 Å². The summed E-state index contributed by atoms with van der Waals surface area (Å²) in [5.41, 5.74) is 2.94. The fourth-order valence-corrected chi connectivity index (χ4v) is 3.95. The van der Waals surface area contributed by atoms with Crippen LogP contribution in [0.3, 0.4) is 0 Å². The molecule has 0 saturated carbocycles. The highest BCUT2D eigenvalue weighted by atomic mass is 19.1. The number of nitrogens with one attached hydrogen (secondary N) is 1. The third-order valence-corrected chi connectivity index (χ3v) is 5.49. The molecule has 25 heavy (non-hydrogen) atoms. The van der Waals surface area contributed by atoms with E-state index in [1.807, 2.05) is 13.8 Å². The van der Waals surface area contributed by atoms with E-state index in [4.69, 9.17) is 0 Å². The number of rotatable bonds is 4. The molecule has 0 bridgehead atoms. The summed E-state index contributed by atoms with van der Waals surface area (Å²) in [5.74, 6) is -0.575. The lowest BCUT2D eigenvalue weighted by atomic mass is 9.73. The average Bonchev–Trinajstić information content (AvgIpc) is 3.04. The highest BCUT2D eigenvalue weighted by molar-refractivity contribution is 5.44. The zero-order valence-corrected chi connectivity index (χ0v) is 15.5. The van der Waals surface area contributed by atoms with Crippen molar-refractivity contribution in [1.82, 2.24) is 5.32 Å². The van der Waals surface area contributed by atoms with Crippen LogP contribution in [0.5, 0.6) is 0 Å². The van der Waals surface area contributed by atoms with Gasteiger partial charge in [0.25, 0.3) is 0 Å². The summed E-state index contributed by atoms with van der Waals surface area (Å²) in [7, 11) is 0. The van der Waals surface area contributed by atoms with E-state index in [0.717, 1.165) is 24.1 Å². The minimum atomic E-state index is -0.435. The predicted octanol–water partition coefficient (Wildman–Crippen LogP) is 5.49. The zero-order chi connectivity index (χ0) is 18.2. The smallest absolute Gasteiger partial charge is 0.129 e. The van der Waals surface area contributed by atoms with Crippen molar-refractivity contribution in [3.63, 3.8) is 0 Å². The maximum Gasteiger partial charge on any atom is 0.129 e. The second-order valence-corrected chi connectivity index (χ2v) is 7.79. The van der Waals surface area contributed by atoms with E-state index < -0.39 is 11.6 Å². The van der Waals surface area contributed by atoms with E-state index >= 15 is 0 Å². The summed E-state index contributed by atoms with van der Waals surface area (Å²) < 4.78 is 29.2. The summed E-state index contributed by atoms with van der Waals surface area (Å²) in [6.45, 7) is 9.51. The molecule has 1 saturated heterocycles. The Morgan fingerprint density at radius 1 is 0.880 bits per heavy atom. The van der Waals surface area contributed by atoms with Crippen LogP contribution in [0.25, 0.3) is 0 Å². The lowest BCUT2D eigenvalue weighted by molar-refractivity contribution is 0.515. The minimum Gasteiger partial charge on any atom is -0.315 e. The molecule has 1 unspecified atom stereocenters. The molecule has 0 amide bonds. The molecule has 1 aliphatic heterocycles. The van der Waals surface area contributed by atoms with Crippen molar-refractivity contribution >= 4 is 0 Å². The first kappa shape index (κ1) is 18.1. The van der Waals surface area contributed by atoms with E-state index in [9.17, 15) is 8.78 Å². The van der Waals surface area contributed by atoms with Gasteiger partial charge in [-0.25, -0.2) is 8.78 Å². The van der Waals surface area contributed by atoms with Gasteiger partial charge in [-0.15, -0.1) is 0 Å². The van der Waals surface area contributed by atoms with Gasteiger partial charge in [0.1, 0.15) is 11.6 Å². The van der Waals surface area contributed by atoms with Crippen LogP contribution < -0.4 is 5.32 Å². The largest absolute Gasteiger partial charge is 0.315 e. The maximum absolute atomic E-state index is 14.6. The molecular formula is C22H27F2N. The van der Waals surface area contributed by atoms with Gasteiger partial charge < -0.3 is 5.32 Å². The van der Waals surface area contributed by atoms with E-state index in [1.165, 1.54) is 5.56 Å². The first-order valence-corrected chi connectivity index (χ1v) is 9.15. The Balaban J connectivity index is 2.10. The maximum atomic E-state index is 14.6. The Bertz CT molecular complexity index is 718. The number of hydrogen-bond donors (Lipinski definition) is 1. The van der Waals surface area contributed by atoms with Crippen LogP contribution in [0.4, 0.5) is 8.78 Å². The molecule has 0 radical (unpaired) electrons. The standard InChI is InChI=1S/C22H27F2N/c1-14(2)16-5-7-17(8-6-16)22(9-10-25-13-22)18-11-19(23)21(15(3)4)20(24)12-18/h5-8,11-12,14-15,25H,9-10,13H2,1-4H3. The van der Waals surface area contributed by atoms with Crippen LogP contribution in [0, 0.1) is 11.6 Å². The molecular weight excluding hydrogens is 316 g/mol. The minimum absolute atomic E-state index is 0.169. The Kier molecular flexibility index (Phi) is 4.97. The fraction of sp³-hybridized carbons (Fsp3) is 0.455. The van der Waals surface area contributed by atoms with E-state index in [0.29, 0.717) is 12.5 Å². The van der Waals surface area contributed by atoms with Crippen molar-refractivity contribution in [3.05, 3.63) is 70.3 Å². The van der Waals surface area contributed by atoms with Crippen LogP contribution in [-0.4, -0.2) is 13.1 Å². The molecule has 3 rings (SSSR count). The van der Waals surface area contributed by atoms with Gasteiger partial charge in [-0.05, 0) is 53.6 Å². The normalized spacial score (nSPS) is 20.6. The number of halogens is 2. The second kappa shape index (κ2) is 6.87. The first-order chi connectivity index (χ1) is 11.8. The summed E-state index contributed by atoms with van der Waals surface area (Å²) in [5, 5.41) is 3.38. The Hall–Kier alpha value is -1.74. The quantitative estimate of drug-likeness (QED) is 0.774. The molecule has 3 heteroatoms. The van der Waals surface area contributed by atoms with Crippen molar-refractivity contribution in [2.45, 2.75) is 51.4 Å². The molecule has 1 N–H and O–H groups in total. The van der Waals surface area contributed by atoms with Crippen LogP contribution in [0.2, 0.25) is 0 Å². The van der Waals surface area contributed by atoms with Crippen LogP contribution in [-0.2, 0) is 5.41 Å². The molecule has 2 aromatic rings. The van der Waals surface area contributed by atoms with Gasteiger partial charge in [-0.1, -0.05) is 52.0 Å². The van der Waals surface area contributed by atoms with Crippen LogP contribution in [0.15, 0.2) is 36.4 Å². The topological polar surface area (TPSA) is 12.0 Å². The van der Waals surface area contributed by atoms with E-state index in [2.05, 4.69) is 43.4 Å². The van der Waals surface area contributed by atoms with Crippen LogP contribution >= 0.6 is 0 Å². The molecule has 1 aliphatic rings. The molecule has 1 fully saturated rings. The molecule has 1 nitrogen and oxygen atoms in total. The summed E-state index contributed by atoms with van der Waals surface area (Å²) in [6, 6.07) is 11.6.